The average Bonchev–Trinajstić information content (AvgIpc) is 2.56. The molecule has 6 nitrogen and oxygen atoms in total. The number of furan rings is 1. The molecule has 2 rings (SSSR count). The largest absolute Gasteiger partial charge is 0.466 e. The zero-order valence-corrected chi connectivity index (χ0v) is 11.1. The molecule has 18 heavy (non-hydrogen) atoms. The van der Waals surface area contributed by atoms with Crippen molar-refractivity contribution in [2.45, 2.75) is 26.8 Å². The Bertz CT molecular complexity index is 548. The van der Waals surface area contributed by atoms with Crippen LogP contribution < -0.4 is 11.1 Å². The highest BCUT2D eigenvalue weighted by Crippen LogP contribution is 2.24. The Kier molecular flexibility index (Phi) is 3.38. The molecule has 0 fully saturated rings. The predicted molar refractivity (Wildman–Crippen MR) is 69.5 cm³/mol. The van der Waals surface area contributed by atoms with Gasteiger partial charge in [0.1, 0.15) is 11.5 Å². The van der Waals surface area contributed by atoms with Gasteiger partial charge in [-0.25, -0.2) is 0 Å². The molecule has 0 radical (unpaired) electrons. The van der Waals surface area contributed by atoms with Gasteiger partial charge in [0.15, 0.2) is 0 Å². The van der Waals surface area contributed by atoms with Crippen LogP contribution in [-0.4, -0.2) is 15.0 Å². The monoisotopic (exact) mass is 267 g/mol. The number of aromatic nitrogens is 3. The molecule has 7 heteroatoms. The van der Waals surface area contributed by atoms with Gasteiger partial charge in [0.25, 0.3) is 0 Å². The molecular formula is C11H14ClN5O. The number of nitrogens with two attached hydrogens (primary N) is 1. The van der Waals surface area contributed by atoms with Crippen LogP contribution >= 0.6 is 11.6 Å². The second kappa shape index (κ2) is 4.81. The maximum absolute atomic E-state index is 5.71. The molecule has 0 aliphatic rings. The number of hydrogen-bond donors (Lipinski definition) is 2. The van der Waals surface area contributed by atoms with E-state index in [1.54, 1.807) is 0 Å². The molecule has 1 unspecified atom stereocenters. The molecule has 0 aromatic carbocycles. The van der Waals surface area contributed by atoms with Crippen molar-refractivity contribution in [2.75, 3.05) is 11.1 Å². The third-order valence-corrected chi connectivity index (χ3v) is 2.69. The summed E-state index contributed by atoms with van der Waals surface area (Å²) in [5.74, 6) is 2.16. The SMILES string of the molecule is Cc1cc(C(C)Nc2nc(N)nc(Cl)n2)c(C)o1. The predicted octanol–water partition coefficient (Wildman–Crippen LogP) is 2.49. The molecule has 0 aliphatic carbocycles. The molecule has 0 saturated heterocycles. The number of nitrogens with zero attached hydrogens (tertiary/aromatic N) is 3. The molecule has 0 bridgehead atoms. The van der Waals surface area contributed by atoms with Gasteiger partial charge in [0.05, 0.1) is 6.04 Å². The van der Waals surface area contributed by atoms with Crippen molar-refractivity contribution in [1.29, 1.82) is 0 Å². The highest BCUT2D eigenvalue weighted by Gasteiger charge is 2.14. The molecule has 0 aliphatic heterocycles. The molecule has 2 aromatic rings. The minimum absolute atomic E-state index is 0.0136. The van der Waals surface area contributed by atoms with E-state index in [-0.39, 0.29) is 17.3 Å². The van der Waals surface area contributed by atoms with Crippen LogP contribution in [0.15, 0.2) is 10.5 Å². The zero-order valence-electron chi connectivity index (χ0n) is 10.4. The first-order chi connectivity index (χ1) is 8.45. The zero-order chi connectivity index (χ0) is 13.3. The maximum Gasteiger partial charge on any atom is 0.229 e. The summed E-state index contributed by atoms with van der Waals surface area (Å²) in [6.07, 6.45) is 0. The minimum atomic E-state index is -0.0136. The number of halogens is 1. The number of aryl methyl sites for hydroxylation is 2. The van der Waals surface area contributed by atoms with E-state index in [1.165, 1.54) is 0 Å². The molecule has 96 valence electrons. The fourth-order valence-electron chi connectivity index (χ4n) is 1.78. The Balaban J connectivity index is 2.20. The standard InChI is InChI=1S/C11H14ClN5O/c1-5-4-8(7(3)18-5)6(2)14-11-16-9(12)15-10(13)17-11/h4,6H,1-3H3,(H3,13,14,15,16,17). The second-order valence-electron chi connectivity index (χ2n) is 4.02. The maximum atomic E-state index is 5.71. The van der Waals surface area contributed by atoms with E-state index in [0.29, 0.717) is 5.95 Å². The Morgan fingerprint density at radius 2 is 2.06 bits per heavy atom. The van der Waals surface area contributed by atoms with E-state index in [9.17, 15) is 0 Å². The van der Waals surface area contributed by atoms with Crippen LogP contribution in [0.25, 0.3) is 0 Å². The van der Waals surface area contributed by atoms with Gasteiger partial charge in [-0.2, -0.15) is 15.0 Å². The van der Waals surface area contributed by atoms with Crippen LogP contribution in [-0.2, 0) is 0 Å². The molecule has 0 spiro atoms. The second-order valence-corrected chi connectivity index (χ2v) is 4.36. The van der Waals surface area contributed by atoms with Gasteiger partial charge in [-0.05, 0) is 38.4 Å². The average molecular weight is 268 g/mol. The first-order valence-electron chi connectivity index (χ1n) is 5.46. The van der Waals surface area contributed by atoms with Crippen LogP contribution in [0, 0.1) is 13.8 Å². The smallest absolute Gasteiger partial charge is 0.229 e. The van der Waals surface area contributed by atoms with Crippen LogP contribution in [0.3, 0.4) is 0 Å². The number of nitrogens with one attached hydrogen (secondary N) is 1. The van der Waals surface area contributed by atoms with Crippen LogP contribution in [0.5, 0.6) is 0 Å². The summed E-state index contributed by atoms with van der Waals surface area (Å²) in [7, 11) is 0. The van der Waals surface area contributed by atoms with Crippen molar-refractivity contribution in [3.8, 4) is 0 Å². The van der Waals surface area contributed by atoms with E-state index in [1.807, 2.05) is 26.8 Å². The van der Waals surface area contributed by atoms with Gasteiger partial charge in [-0.1, -0.05) is 0 Å². The van der Waals surface area contributed by atoms with Gasteiger partial charge in [0, 0.05) is 5.56 Å². The molecule has 3 N–H and O–H groups in total. The first kappa shape index (κ1) is 12.6. The minimum Gasteiger partial charge on any atom is -0.466 e. The highest BCUT2D eigenvalue weighted by atomic mass is 35.5. The normalized spacial score (nSPS) is 12.4. The van der Waals surface area contributed by atoms with Gasteiger partial charge in [0.2, 0.25) is 17.2 Å². The Hall–Kier alpha value is -1.82. The van der Waals surface area contributed by atoms with E-state index >= 15 is 0 Å². The lowest BCUT2D eigenvalue weighted by Crippen LogP contribution is -2.11. The fraction of sp³-hybridized carbons (Fsp3) is 0.364. The Labute approximate surface area is 110 Å². The lowest BCUT2D eigenvalue weighted by molar-refractivity contribution is 0.499. The topological polar surface area (TPSA) is 89.9 Å². The first-order valence-corrected chi connectivity index (χ1v) is 5.84. The summed E-state index contributed by atoms with van der Waals surface area (Å²) in [6, 6.07) is 1.96. The van der Waals surface area contributed by atoms with Gasteiger partial charge >= 0.3 is 0 Å². The molecule has 1 atom stereocenters. The fourth-order valence-corrected chi connectivity index (χ4v) is 1.95. The number of nitrogen functional groups attached to an aromatic ring is 1. The molecule has 0 amide bonds. The van der Waals surface area contributed by atoms with Crippen molar-refractivity contribution in [3.05, 3.63) is 28.4 Å². The summed E-state index contributed by atoms with van der Waals surface area (Å²) in [4.78, 5) is 11.6. The molecule has 0 saturated carbocycles. The molecular weight excluding hydrogens is 254 g/mol. The number of hydrogen-bond acceptors (Lipinski definition) is 6. The molecule has 2 aromatic heterocycles. The third-order valence-electron chi connectivity index (χ3n) is 2.52. The van der Waals surface area contributed by atoms with Gasteiger partial charge < -0.3 is 15.5 Å². The van der Waals surface area contributed by atoms with Crippen molar-refractivity contribution in [1.82, 2.24) is 15.0 Å². The lowest BCUT2D eigenvalue weighted by Gasteiger charge is -2.12. The van der Waals surface area contributed by atoms with Crippen molar-refractivity contribution in [2.24, 2.45) is 0 Å². The van der Waals surface area contributed by atoms with E-state index in [4.69, 9.17) is 21.8 Å². The summed E-state index contributed by atoms with van der Waals surface area (Å²) < 4.78 is 5.48. The van der Waals surface area contributed by atoms with Gasteiger partial charge in [-0.15, -0.1) is 0 Å². The van der Waals surface area contributed by atoms with E-state index in [2.05, 4.69) is 20.3 Å². The lowest BCUT2D eigenvalue weighted by atomic mass is 10.1. The van der Waals surface area contributed by atoms with Crippen molar-refractivity contribution < 1.29 is 4.42 Å². The Morgan fingerprint density at radius 3 is 2.61 bits per heavy atom. The summed E-state index contributed by atoms with van der Waals surface area (Å²) in [6.45, 7) is 5.79. The van der Waals surface area contributed by atoms with Crippen molar-refractivity contribution in [3.63, 3.8) is 0 Å². The quantitative estimate of drug-likeness (QED) is 0.888. The van der Waals surface area contributed by atoms with Crippen molar-refractivity contribution >= 4 is 23.5 Å². The number of anilines is 2. The molecule has 2 heterocycles. The van der Waals surface area contributed by atoms with Crippen LogP contribution in [0.2, 0.25) is 5.28 Å². The number of rotatable bonds is 3. The summed E-state index contributed by atoms with van der Waals surface area (Å²) in [5.41, 5.74) is 6.55. The van der Waals surface area contributed by atoms with E-state index < -0.39 is 0 Å². The van der Waals surface area contributed by atoms with Crippen LogP contribution in [0.1, 0.15) is 30.0 Å². The third kappa shape index (κ3) is 2.70. The van der Waals surface area contributed by atoms with Crippen LogP contribution in [0.4, 0.5) is 11.9 Å². The highest BCUT2D eigenvalue weighted by molar-refractivity contribution is 6.28. The summed E-state index contributed by atoms with van der Waals surface area (Å²) in [5, 5.41) is 3.17. The Morgan fingerprint density at radius 1 is 1.33 bits per heavy atom. The van der Waals surface area contributed by atoms with Gasteiger partial charge in [-0.3, -0.25) is 0 Å². The van der Waals surface area contributed by atoms with E-state index in [0.717, 1.165) is 17.1 Å². The summed E-state index contributed by atoms with van der Waals surface area (Å²) >= 11 is 5.71.